The third-order valence-electron chi connectivity index (χ3n) is 4.82. The molecule has 0 saturated carbocycles. The Balaban J connectivity index is 1.80. The molecule has 1 saturated heterocycles. The van der Waals surface area contributed by atoms with Crippen molar-refractivity contribution in [1.82, 2.24) is 24.6 Å². The van der Waals surface area contributed by atoms with Crippen molar-refractivity contribution in [2.75, 3.05) is 37.6 Å². The first-order valence-electron chi connectivity index (χ1n) is 8.61. The van der Waals surface area contributed by atoms with Gasteiger partial charge in [-0.15, -0.1) is 0 Å². The lowest BCUT2D eigenvalue weighted by Gasteiger charge is -2.34. The van der Waals surface area contributed by atoms with Crippen LogP contribution in [0.1, 0.15) is 12.6 Å². The predicted octanol–water partition coefficient (Wildman–Crippen LogP) is 2.40. The number of likely N-dealkylation sites (N-methyl/N-ethyl adjacent to an activating group) is 1. The number of hydrogen-bond acceptors (Lipinski definition) is 5. The monoisotopic (exact) mass is 340 g/mol. The van der Waals surface area contributed by atoms with Crippen LogP contribution in [0, 0.1) is 12.7 Å². The molecule has 1 aliphatic heterocycles. The van der Waals surface area contributed by atoms with Gasteiger partial charge in [0.2, 0.25) is 0 Å². The molecule has 2 aromatic heterocycles. The molecule has 3 heterocycles. The maximum atomic E-state index is 14.2. The Morgan fingerprint density at radius 2 is 1.84 bits per heavy atom. The van der Waals surface area contributed by atoms with Crippen molar-refractivity contribution in [3.63, 3.8) is 0 Å². The largest absolute Gasteiger partial charge is 0.353 e. The van der Waals surface area contributed by atoms with Crippen LogP contribution in [0.2, 0.25) is 0 Å². The van der Waals surface area contributed by atoms with Gasteiger partial charge in [0.05, 0.1) is 11.1 Å². The Kier molecular flexibility index (Phi) is 4.09. The van der Waals surface area contributed by atoms with E-state index in [9.17, 15) is 4.39 Å². The quantitative estimate of drug-likeness (QED) is 0.733. The molecule has 7 heteroatoms. The van der Waals surface area contributed by atoms with Crippen molar-refractivity contribution in [1.29, 1.82) is 0 Å². The van der Waals surface area contributed by atoms with E-state index in [1.165, 1.54) is 6.07 Å². The minimum Gasteiger partial charge on any atom is -0.353 e. The highest BCUT2D eigenvalue weighted by Crippen LogP contribution is 2.29. The molecule has 0 aliphatic carbocycles. The molecule has 1 aliphatic rings. The first-order chi connectivity index (χ1) is 12.2. The van der Waals surface area contributed by atoms with Crippen LogP contribution in [-0.2, 0) is 0 Å². The molecular weight excluding hydrogens is 319 g/mol. The van der Waals surface area contributed by atoms with E-state index in [1.54, 1.807) is 29.2 Å². The molecular formula is C18H21FN6. The van der Waals surface area contributed by atoms with Gasteiger partial charge in [-0.05, 0) is 25.6 Å². The number of anilines is 1. The zero-order valence-corrected chi connectivity index (χ0v) is 14.5. The summed E-state index contributed by atoms with van der Waals surface area (Å²) in [7, 11) is 0. The van der Waals surface area contributed by atoms with Crippen molar-refractivity contribution in [2.24, 2.45) is 0 Å². The summed E-state index contributed by atoms with van der Waals surface area (Å²) in [4.78, 5) is 13.6. The zero-order valence-electron chi connectivity index (χ0n) is 14.5. The van der Waals surface area contributed by atoms with Gasteiger partial charge in [-0.1, -0.05) is 19.1 Å². The molecule has 0 bridgehead atoms. The smallest absolute Gasteiger partial charge is 0.168 e. The SMILES string of the molecule is CCN1CCN(c2ncnc3c2c(C)nn3-c2ccccc2F)CC1. The predicted molar refractivity (Wildman–Crippen MR) is 95.7 cm³/mol. The van der Waals surface area contributed by atoms with Crippen LogP contribution in [0.3, 0.4) is 0 Å². The minimum absolute atomic E-state index is 0.316. The van der Waals surface area contributed by atoms with Crippen LogP contribution < -0.4 is 4.90 Å². The van der Waals surface area contributed by atoms with Gasteiger partial charge in [-0.2, -0.15) is 5.10 Å². The fraction of sp³-hybridized carbons (Fsp3) is 0.389. The molecule has 1 fully saturated rings. The van der Waals surface area contributed by atoms with Crippen LogP contribution >= 0.6 is 0 Å². The molecule has 3 aromatic rings. The van der Waals surface area contributed by atoms with Crippen molar-refractivity contribution in [3.05, 3.63) is 42.1 Å². The van der Waals surface area contributed by atoms with Crippen LogP contribution in [0.5, 0.6) is 0 Å². The van der Waals surface area contributed by atoms with E-state index in [4.69, 9.17) is 0 Å². The van der Waals surface area contributed by atoms with Crippen LogP contribution in [0.25, 0.3) is 16.7 Å². The fourth-order valence-electron chi connectivity index (χ4n) is 3.41. The number of aromatic nitrogens is 4. The summed E-state index contributed by atoms with van der Waals surface area (Å²) in [5.41, 5.74) is 1.86. The van der Waals surface area contributed by atoms with E-state index >= 15 is 0 Å². The summed E-state index contributed by atoms with van der Waals surface area (Å²) in [6, 6.07) is 6.62. The first-order valence-corrected chi connectivity index (χ1v) is 8.61. The average molecular weight is 340 g/mol. The van der Waals surface area contributed by atoms with E-state index < -0.39 is 0 Å². The number of piperazine rings is 1. The van der Waals surface area contributed by atoms with Crippen LogP contribution in [0.4, 0.5) is 10.2 Å². The third kappa shape index (κ3) is 2.74. The molecule has 6 nitrogen and oxygen atoms in total. The number of aryl methyl sites for hydroxylation is 1. The number of halogens is 1. The molecule has 0 amide bonds. The molecule has 0 radical (unpaired) electrons. The Labute approximate surface area is 145 Å². The Morgan fingerprint density at radius 1 is 1.08 bits per heavy atom. The standard InChI is InChI=1S/C18H21FN6/c1-3-23-8-10-24(11-9-23)17-16-13(2)22-25(18(16)21-12-20-17)15-7-5-4-6-14(15)19/h4-7,12H,3,8-11H2,1-2H3. The van der Waals surface area contributed by atoms with Gasteiger partial charge >= 0.3 is 0 Å². The number of nitrogens with zero attached hydrogens (tertiary/aromatic N) is 6. The molecule has 130 valence electrons. The van der Waals surface area contributed by atoms with Crippen molar-refractivity contribution < 1.29 is 4.39 Å². The minimum atomic E-state index is -0.316. The molecule has 4 rings (SSSR count). The van der Waals surface area contributed by atoms with Crippen molar-refractivity contribution >= 4 is 16.9 Å². The number of benzene rings is 1. The van der Waals surface area contributed by atoms with E-state index in [1.807, 2.05) is 6.92 Å². The second-order valence-corrected chi connectivity index (χ2v) is 6.27. The second-order valence-electron chi connectivity index (χ2n) is 6.27. The zero-order chi connectivity index (χ0) is 17.4. The van der Waals surface area contributed by atoms with E-state index in [0.29, 0.717) is 11.3 Å². The summed E-state index contributed by atoms with van der Waals surface area (Å²) in [6.07, 6.45) is 1.54. The first kappa shape index (κ1) is 16.0. The lowest BCUT2D eigenvalue weighted by atomic mass is 10.2. The van der Waals surface area contributed by atoms with Gasteiger partial charge in [0.15, 0.2) is 5.65 Å². The summed E-state index contributed by atoms with van der Waals surface area (Å²) < 4.78 is 15.8. The fourth-order valence-corrected chi connectivity index (χ4v) is 3.41. The van der Waals surface area contributed by atoms with E-state index in [0.717, 1.165) is 49.6 Å². The topological polar surface area (TPSA) is 50.1 Å². The maximum absolute atomic E-state index is 14.2. The lowest BCUT2D eigenvalue weighted by molar-refractivity contribution is 0.271. The molecule has 0 N–H and O–H groups in total. The summed E-state index contributed by atoms with van der Waals surface area (Å²) in [6.45, 7) is 9.05. The number of para-hydroxylation sites is 1. The number of hydrogen-bond donors (Lipinski definition) is 0. The molecule has 0 unspecified atom stereocenters. The van der Waals surface area contributed by atoms with Gasteiger partial charge in [-0.25, -0.2) is 19.0 Å². The highest BCUT2D eigenvalue weighted by Gasteiger charge is 2.23. The van der Waals surface area contributed by atoms with E-state index in [-0.39, 0.29) is 5.82 Å². The highest BCUT2D eigenvalue weighted by atomic mass is 19.1. The van der Waals surface area contributed by atoms with Gasteiger partial charge in [0.1, 0.15) is 23.6 Å². The molecule has 0 atom stereocenters. The summed E-state index contributed by atoms with van der Waals surface area (Å²) in [5.74, 6) is 0.574. The lowest BCUT2D eigenvalue weighted by Crippen LogP contribution is -2.46. The van der Waals surface area contributed by atoms with Gasteiger partial charge in [0.25, 0.3) is 0 Å². The third-order valence-corrected chi connectivity index (χ3v) is 4.82. The van der Waals surface area contributed by atoms with Crippen LogP contribution in [0.15, 0.2) is 30.6 Å². The van der Waals surface area contributed by atoms with Crippen molar-refractivity contribution in [2.45, 2.75) is 13.8 Å². The number of rotatable bonds is 3. The molecule has 0 spiro atoms. The summed E-state index contributed by atoms with van der Waals surface area (Å²) >= 11 is 0. The summed E-state index contributed by atoms with van der Waals surface area (Å²) in [5, 5.41) is 5.44. The number of fused-ring (bicyclic) bond motifs is 1. The molecule has 25 heavy (non-hydrogen) atoms. The van der Waals surface area contributed by atoms with Crippen LogP contribution in [-0.4, -0.2) is 57.4 Å². The Morgan fingerprint density at radius 3 is 2.56 bits per heavy atom. The van der Waals surface area contributed by atoms with E-state index in [2.05, 4.69) is 31.8 Å². The van der Waals surface area contributed by atoms with Gasteiger partial charge < -0.3 is 9.80 Å². The highest BCUT2D eigenvalue weighted by molar-refractivity contribution is 5.90. The van der Waals surface area contributed by atoms with Gasteiger partial charge in [0, 0.05) is 26.2 Å². The Bertz CT molecular complexity index is 898. The van der Waals surface area contributed by atoms with Crippen molar-refractivity contribution in [3.8, 4) is 5.69 Å². The average Bonchev–Trinajstić information content (AvgIpc) is 2.99. The normalized spacial score (nSPS) is 15.9. The second kappa shape index (κ2) is 6.40. The van der Waals surface area contributed by atoms with Gasteiger partial charge in [-0.3, -0.25) is 0 Å². The Hall–Kier alpha value is -2.54. The maximum Gasteiger partial charge on any atom is 0.168 e. The molecule has 1 aromatic carbocycles.